The van der Waals surface area contributed by atoms with Crippen LogP contribution < -0.4 is 5.32 Å². The van der Waals surface area contributed by atoms with Crippen LogP contribution in [0.4, 0.5) is 13.2 Å². The van der Waals surface area contributed by atoms with Gasteiger partial charge in [0.05, 0.1) is 10.5 Å². The number of benzene rings is 1. The third-order valence-electron chi connectivity index (χ3n) is 3.76. The van der Waals surface area contributed by atoms with Crippen LogP contribution in [0.2, 0.25) is 0 Å². The molecule has 0 saturated carbocycles. The Labute approximate surface area is 150 Å². The monoisotopic (exact) mass is 395 g/mol. The topological polar surface area (TPSA) is 52.6 Å². The summed E-state index contributed by atoms with van der Waals surface area (Å²) in [6.07, 6.45) is -4.49. The first-order valence-electron chi connectivity index (χ1n) is 7.74. The molecule has 1 heterocycles. The van der Waals surface area contributed by atoms with E-state index in [0.717, 1.165) is 24.3 Å². The molecule has 0 bridgehead atoms. The van der Waals surface area contributed by atoms with Gasteiger partial charge >= 0.3 is 6.18 Å². The third kappa shape index (κ3) is 4.83. The molecule has 0 aliphatic carbocycles. The minimum absolute atomic E-state index is 0.142. The molecule has 1 N–H and O–H groups in total. The number of hydrogen-bond donors (Lipinski definition) is 1. The minimum Gasteiger partial charge on any atom is -0.360 e. The normalized spacial score (nSPS) is 17.0. The van der Waals surface area contributed by atoms with Crippen molar-refractivity contribution < 1.29 is 21.6 Å². The summed E-state index contributed by atoms with van der Waals surface area (Å²) < 4.78 is 64.2. The minimum atomic E-state index is -4.49. The molecule has 0 amide bonds. The van der Waals surface area contributed by atoms with E-state index in [1.165, 1.54) is 4.31 Å². The average Bonchev–Trinajstić information content (AvgIpc) is 2.53. The van der Waals surface area contributed by atoms with E-state index in [1.807, 2.05) is 18.7 Å². The number of piperazine rings is 1. The van der Waals surface area contributed by atoms with Crippen LogP contribution in [-0.2, 0) is 16.2 Å². The van der Waals surface area contributed by atoms with Crippen molar-refractivity contribution in [3.63, 3.8) is 0 Å². The van der Waals surface area contributed by atoms with Crippen molar-refractivity contribution in [1.29, 1.82) is 0 Å². The Hall–Kier alpha value is -1.39. The summed E-state index contributed by atoms with van der Waals surface area (Å²) in [5, 5.41) is 3.67. The van der Waals surface area contributed by atoms with Crippen molar-refractivity contribution in [2.24, 2.45) is 0 Å². The zero-order chi connectivity index (χ0) is 18.8. The van der Waals surface area contributed by atoms with E-state index in [4.69, 9.17) is 12.2 Å². The van der Waals surface area contributed by atoms with Crippen molar-refractivity contribution in [3.05, 3.63) is 29.8 Å². The molecular weight excluding hydrogens is 375 g/mol. The predicted octanol–water partition coefficient (Wildman–Crippen LogP) is 2.29. The second-order valence-corrected chi connectivity index (χ2v) is 8.34. The number of alkyl halides is 3. The third-order valence-corrected chi connectivity index (χ3v) is 6.05. The van der Waals surface area contributed by atoms with Crippen LogP contribution in [0.1, 0.15) is 19.4 Å². The van der Waals surface area contributed by atoms with Crippen molar-refractivity contribution in [3.8, 4) is 0 Å². The van der Waals surface area contributed by atoms with Gasteiger partial charge in [-0.3, -0.25) is 0 Å². The molecule has 2 rings (SSSR count). The average molecular weight is 395 g/mol. The summed E-state index contributed by atoms with van der Waals surface area (Å²) in [6.45, 7) is 5.22. The largest absolute Gasteiger partial charge is 0.416 e. The molecule has 10 heteroatoms. The summed E-state index contributed by atoms with van der Waals surface area (Å²) in [7, 11) is -3.82. The number of rotatable bonds is 3. The van der Waals surface area contributed by atoms with Gasteiger partial charge in [-0.05, 0) is 50.3 Å². The first-order valence-corrected chi connectivity index (χ1v) is 9.59. The van der Waals surface area contributed by atoms with E-state index in [2.05, 4.69) is 5.32 Å². The van der Waals surface area contributed by atoms with Gasteiger partial charge < -0.3 is 10.2 Å². The summed E-state index contributed by atoms with van der Waals surface area (Å²) in [6, 6.07) is 3.74. The maximum absolute atomic E-state index is 12.6. The highest BCUT2D eigenvalue weighted by Gasteiger charge is 2.32. The van der Waals surface area contributed by atoms with Gasteiger partial charge in [0.25, 0.3) is 0 Å². The van der Waals surface area contributed by atoms with E-state index in [9.17, 15) is 21.6 Å². The lowest BCUT2D eigenvalue weighted by molar-refractivity contribution is -0.137. The van der Waals surface area contributed by atoms with Crippen molar-refractivity contribution in [2.75, 3.05) is 26.2 Å². The first kappa shape index (κ1) is 19.9. The molecular formula is C15H20F3N3O2S2. The Kier molecular flexibility index (Phi) is 5.95. The van der Waals surface area contributed by atoms with Crippen molar-refractivity contribution in [2.45, 2.75) is 31.0 Å². The first-order chi connectivity index (χ1) is 11.5. The number of halogens is 3. The standard InChI is InChI=1S/C15H20F3N3O2S2/c1-11(2)19-14(24)20-7-9-21(10-8-20)25(22,23)13-5-3-12(4-6-13)15(16,17)18/h3-6,11H,7-10H2,1-2H3,(H,19,24). The van der Waals surface area contributed by atoms with Crippen LogP contribution >= 0.6 is 12.2 Å². The Bertz CT molecular complexity index is 711. The molecule has 140 valence electrons. The Morgan fingerprint density at radius 3 is 2.08 bits per heavy atom. The molecule has 0 radical (unpaired) electrons. The summed E-state index contributed by atoms with van der Waals surface area (Å²) in [4.78, 5) is 1.74. The fourth-order valence-corrected chi connectivity index (χ4v) is 4.28. The Morgan fingerprint density at radius 1 is 1.12 bits per heavy atom. The highest BCUT2D eigenvalue weighted by molar-refractivity contribution is 7.89. The van der Waals surface area contributed by atoms with Gasteiger partial charge in [0, 0.05) is 32.2 Å². The lowest BCUT2D eigenvalue weighted by Gasteiger charge is -2.36. The SMILES string of the molecule is CC(C)NC(=S)N1CCN(S(=O)(=O)c2ccc(C(F)(F)F)cc2)CC1. The van der Waals surface area contributed by atoms with Gasteiger partial charge in [-0.15, -0.1) is 0 Å². The van der Waals surface area contributed by atoms with Gasteiger partial charge in [-0.1, -0.05) is 0 Å². The van der Waals surface area contributed by atoms with Crippen LogP contribution in [-0.4, -0.2) is 55.0 Å². The zero-order valence-electron chi connectivity index (χ0n) is 13.9. The van der Waals surface area contributed by atoms with E-state index < -0.39 is 21.8 Å². The van der Waals surface area contributed by atoms with Gasteiger partial charge in [0.1, 0.15) is 0 Å². The number of hydrogen-bond acceptors (Lipinski definition) is 3. The lowest BCUT2D eigenvalue weighted by atomic mass is 10.2. The second-order valence-electron chi connectivity index (χ2n) is 6.02. The molecule has 1 aromatic carbocycles. The van der Waals surface area contributed by atoms with Gasteiger partial charge in [-0.25, -0.2) is 8.42 Å². The second kappa shape index (κ2) is 7.46. The van der Waals surface area contributed by atoms with Crippen LogP contribution in [0.3, 0.4) is 0 Å². The highest BCUT2D eigenvalue weighted by atomic mass is 32.2. The van der Waals surface area contributed by atoms with E-state index in [-0.39, 0.29) is 24.0 Å². The Morgan fingerprint density at radius 2 is 1.64 bits per heavy atom. The van der Waals surface area contributed by atoms with Crippen LogP contribution in [0.5, 0.6) is 0 Å². The molecule has 1 aliphatic rings. The molecule has 0 atom stereocenters. The number of thiocarbonyl (C=S) groups is 1. The maximum atomic E-state index is 12.6. The quantitative estimate of drug-likeness (QED) is 0.796. The van der Waals surface area contributed by atoms with Crippen molar-refractivity contribution in [1.82, 2.24) is 14.5 Å². The predicted molar refractivity (Wildman–Crippen MR) is 92.6 cm³/mol. The smallest absolute Gasteiger partial charge is 0.360 e. The Balaban J connectivity index is 2.05. The number of nitrogens with one attached hydrogen (secondary N) is 1. The molecule has 0 unspecified atom stereocenters. The van der Waals surface area contributed by atoms with Crippen molar-refractivity contribution >= 4 is 27.4 Å². The van der Waals surface area contributed by atoms with E-state index >= 15 is 0 Å². The lowest BCUT2D eigenvalue weighted by Crippen LogP contribution is -2.53. The summed E-state index contributed by atoms with van der Waals surface area (Å²) in [5.41, 5.74) is -0.874. The molecule has 1 fully saturated rings. The fourth-order valence-electron chi connectivity index (χ4n) is 2.43. The van der Waals surface area contributed by atoms with Crippen LogP contribution in [0.25, 0.3) is 0 Å². The van der Waals surface area contributed by atoms with Gasteiger partial charge in [0.2, 0.25) is 10.0 Å². The molecule has 1 aromatic rings. The van der Waals surface area contributed by atoms with Crippen LogP contribution in [0.15, 0.2) is 29.2 Å². The molecule has 5 nitrogen and oxygen atoms in total. The number of nitrogens with zero attached hydrogens (tertiary/aromatic N) is 2. The molecule has 1 saturated heterocycles. The molecule has 25 heavy (non-hydrogen) atoms. The number of sulfonamides is 1. The van der Waals surface area contributed by atoms with Gasteiger partial charge in [-0.2, -0.15) is 17.5 Å². The highest BCUT2D eigenvalue weighted by Crippen LogP contribution is 2.30. The van der Waals surface area contributed by atoms with E-state index in [0.29, 0.717) is 18.2 Å². The van der Waals surface area contributed by atoms with Gasteiger partial charge in [0.15, 0.2) is 5.11 Å². The van der Waals surface area contributed by atoms with Crippen LogP contribution in [0, 0.1) is 0 Å². The molecule has 1 aliphatic heterocycles. The fraction of sp³-hybridized carbons (Fsp3) is 0.533. The summed E-state index contributed by atoms with van der Waals surface area (Å²) in [5.74, 6) is 0. The molecule has 0 spiro atoms. The van der Waals surface area contributed by atoms with E-state index in [1.54, 1.807) is 0 Å². The molecule has 0 aromatic heterocycles. The zero-order valence-corrected chi connectivity index (χ0v) is 15.5. The maximum Gasteiger partial charge on any atom is 0.416 e. The summed E-state index contributed by atoms with van der Waals surface area (Å²) >= 11 is 5.27.